The highest BCUT2D eigenvalue weighted by Crippen LogP contribution is 2.65. The summed E-state index contributed by atoms with van der Waals surface area (Å²) in [5, 5.41) is 0. The van der Waals surface area contributed by atoms with Crippen LogP contribution in [0.5, 0.6) is 0 Å². The van der Waals surface area contributed by atoms with E-state index in [0.29, 0.717) is 24.2 Å². The second-order valence-electron chi connectivity index (χ2n) is 9.40. The summed E-state index contributed by atoms with van der Waals surface area (Å²) in [6.07, 6.45) is 8.25. The van der Waals surface area contributed by atoms with Crippen LogP contribution in [0.2, 0.25) is 0 Å². The van der Waals surface area contributed by atoms with Crippen molar-refractivity contribution in [2.45, 2.75) is 84.3 Å². The standard InChI is InChI=1S/C20H30ClNO3/c1-12(23)25-17-7-5-14-13-4-6-16-19(2,11-9-18(24)22(16)21)15(13)8-10-20(14,17)3/h13-17H,4-11H2,1-3H3. The van der Waals surface area contributed by atoms with E-state index in [1.54, 1.807) is 0 Å². The van der Waals surface area contributed by atoms with E-state index >= 15 is 0 Å². The zero-order valence-corrected chi connectivity index (χ0v) is 16.3. The van der Waals surface area contributed by atoms with E-state index in [1.165, 1.54) is 24.2 Å². The highest BCUT2D eigenvalue weighted by Gasteiger charge is 2.62. The number of rotatable bonds is 1. The maximum Gasteiger partial charge on any atom is 0.302 e. The Hall–Kier alpha value is -0.770. The molecule has 0 aromatic heterocycles. The van der Waals surface area contributed by atoms with Crippen LogP contribution >= 0.6 is 11.8 Å². The summed E-state index contributed by atoms with van der Waals surface area (Å²) >= 11 is 6.41. The fourth-order valence-corrected chi connectivity index (χ4v) is 7.57. The van der Waals surface area contributed by atoms with Gasteiger partial charge in [-0.1, -0.05) is 13.8 Å². The van der Waals surface area contributed by atoms with Gasteiger partial charge >= 0.3 is 5.97 Å². The largest absolute Gasteiger partial charge is 0.462 e. The smallest absolute Gasteiger partial charge is 0.302 e. The van der Waals surface area contributed by atoms with E-state index in [9.17, 15) is 9.59 Å². The van der Waals surface area contributed by atoms with Gasteiger partial charge in [0.05, 0.1) is 6.04 Å². The van der Waals surface area contributed by atoms with Crippen LogP contribution in [0.25, 0.3) is 0 Å². The average molecular weight is 368 g/mol. The van der Waals surface area contributed by atoms with Gasteiger partial charge in [-0.25, -0.2) is 0 Å². The summed E-state index contributed by atoms with van der Waals surface area (Å²) in [5.74, 6) is 1.90. The van der Waals surface area contributed by atoms with Crippen LogP contribution in [0.1, 0.15) is 72.1 Å². The fourth-order valence-electron chi connectivity index (χ4n) is 7.16. The minimum atomic E-state index is -0.145. The Morgan fingerprint density at radius 3 is 2.52 bits per heavy atom. The van der Waals surface area contributed by atoms with Crippen LogP contribution in [0.3, 0.4) is 0 Å². The van der Waals surface area contributed by atoms with E-state index in [2.05, 4.69) is 13.8 Å². The highest BCUT2D eigenvalue weighted by atomic mass is 35.5. The third kappa shape index (κ3) is 2.46. The molecule has 3 saturated carbocycles. The minimum absolute atomic E-state index is 0.0824. The fraction of sp³-hybridized carbons (Fsp3) is 0.900. The first-order chi connectivity index (χ1) is 11.8. The number of carbonyl (C=O) groups excluding carboxylic acids is 2. The topological polar surface area (TPSA) is 46.6 Å². The Kier molecular flexibility index (Phi) is 4.14. The lowest BCUT2D eigenvalue weighted by molar-refractivity contribution is -0.163. The maximum atomic E-state index is 12.1. The SMILES string of the molecule is CC(=O)OC1CCC2C3CCC4N(Cl)C(=O)CCC4(C)C3CCC12C. The molecule has 4 nitrogen and oxygen atoms in total. The van der Waals surface area contributed by atoms with E-state index < -0.39 is 0 Å². The first-order valence-electron chi connectivity index (χ1n) is 9.92. The third-order valence-corrected chi connectivity index (χ3v) is 8.85. The van der Waals surface area contributed by atoms with Crippen molar-refractivity contribution in [2.24, 2.45) is 28.6 Å². The van der Waals surface area contributed by atoms with Crippen molar-refractivity contribution in [1.29, 1.82) is 0 Å². The molecule has 5 heteroatoms. The normalized spacial score (nSPS) is 49.2. The van der Waals surface area contributed by atoms with Crippen LogP contribution in [0, 0.1) is 28.6 Å². The predicted molar refractivity (Wildman–Crippen MR) is 95.7 cm³/mol. The number of piperidine rings is 1. The molecule has 7 atom stereocenters. The summed E-state index contributed by atoms with van der Waals surface area (Å²) in [4.78, 5) is 23.6. The molecule has 25 heavy (non-hydrogen) atoms. The number of amides is 1. The number of carbonyl (C=O) groups is 2. The van der Waals surface area contributed by atoms with Gasteiger partial charge in [-0.05, 0) is 68.1 Å². The van der Waals surface area contributed by atoms with Gasteiger partial charge < -0.3 is 4.74 Å². The molecule has 1 heterocycles. The minimum Gasteiger partial charge on any atom is -0.462 e. The van der Waals surface area contributed by atoms with Gasteiger partial charge in [-0.2, -0.15) is 0 Å². The number of hydrogen-bond acceptors (Lipinski definition) is 3. The molecular formula is C20H30ClNO3. The molecule has 0 spiro atoms. The van der Waals surface area contributed by atoms with Crippen LogP contribution in [0.15, 0.2) is 0 Å². The molecule has 1 aliphatic heterocycles. The van der Waals surface area contributed by atoms with Crippen molar-refractivity contribution < 1.29 is 14.3 Å². The highest BCUT2D eigenvalue weighted by molar-refractivity contribution is 6.21. The van der Waals surface area contributed by atoms with Crippen LogP contribution in [0.4, 0.5) is 0 Å². The van der Waals surface area contributed by atoms with Gasteiger partial charge in [0.15, 0.2) is 0 Å². The molecule has 0 N–H and O–H groups in total. The van der Waals surface area contributed by atoms with Crippen LogP contribution in [-0.2, 0) is 14.3 Å². The summed E-state index contributed by atoms with van der Waals surface area (Å²) in [6, 6.07) is 0.187. The lowest BCUT2D eigenvalue weighted by Crippen LogP contribution is -2.60. The molecular weight excluding hydrogens is 338 g/mol. The number of nitrogens with zero attached hydrogens (tertiary/aromatic N) is 1. The van der Waals surface area contributed by atoms with Crippen molar-refractivity contribution in [3.05, 3.63) is 0 Å². The molecule has 3 aliphatic carbocycles. The van der Waals surface area contributed by atoms with Gasteiger partial charge in [0, 0.05) is 30.5 Å². The van der Waals surface area contributed by atoms with Crippen LogP contribution in [-0.4, -0.2) is 28.4 Å². The molecule has 140 valence electrons. The van der Waals surface area contributed by atoms with Crippen molar-refractivity contribution in [3.8, 4) is 0 Å². The second-order valence-corrected chi connectivity index (χ2v) is 9.76. The molecule has 0 radical (unpaired) electrons. The third-order valence-electron chi connectivity index (χ3n) is 8.43. The number of halogens is 1. The van der Waals surface area contributed by atoms with E-state index in [1.807, 2.05) is 0 Å². The monoisotopic (exact) mass is 367 g/mol. The Morgan fingerprint density at radius 2 is 1.80 bits per heavy atom. The van der Waals surface area contributed by atoms with Crippen molar-refractivity contribution in [3.63, 3.8) is 0 Å². The lowest BCUT2D eigenvalue weighted by atomic mass is 9.47. The Morgan fingerprint density at radius 1 is 1.08 bits per heavy atom. The molecule has 7 unspecified atom stereocenters. The maximum absolute atomic E-state index is 12.1. The molecule has 4 rings (SSSR count). The summed E-state index contributed by atoms with van der Waals surface area (Å²) < 4.78 is 7.24. The molecule has 4 fully saturated rings. The van der Waals surface area contributed by atoms with E-state index in [0.717, 1.165) is 32.1 Å². The number of hydrogen-bond donors (Lipinski definition) is 0. The number of esters is 1. The Bertz CT molecular complexity index is 595. The molecule has 0 aromatic rings. The second kappa shape index (κ2) is 5.87. The van der Waals surface area contributed by atoms with Crippen LogP contribution < -0.4 is 0 Å². The molecule has 1 amide bonds. The average Bonchev–Trinajstić information content (AvgIpc) is 2.88. The molecule has 4 aliphatic rings. The number of ether oxygens (including phenoxy) is 1. The zero-order chi connectivity index (χ0) is 18.0. The quantitative estimate of drug-likeness (QED) is 0.512. The molecule has 1 saturated heterocycles. The van der Waals surface area contributed by atoms with Crippen molar-refractivity contribution in [1.82, 2.24) is 4.42 Å². The van der Waals surface area contributed by atoms with Gasteiger partial charge in [0.1, 0.15) is 6.10 Å². The zero-order valence-electron chi connectivity index (χ0n) is 15.6. The van der Waals surface area contributed by atoms with Gasteiger partial charge in [0.25, 0.3) is 0 Å². The van der Waals surface area contributed by atoms with E-state index in [4.69, 9.17) is 16.5 Å². The van der Waals surface area contributed by atoms with E-state index in [-0.39, 0.29) is 34.9 Å². The van der Waals surface area contributed by atoms with Gasteiger partial charge in [-0.15, -0.1) is 0 Å². The Balaban J connectivity index is 1.60. The molecule has 0 bridgehead atoms. The first-order valence-corrected chi connectivity index (χ1v) is 10.3. The summed E-state index contributed by atoms with van der Waals surface area (Å²) in [5.41, 5.74) is 0.264. The predicted octanol–water partition coefficient (Wildman–Crippen LogP) is 4.31. The van der Waals surface area contributed by atoms with Crippen molar-refractivity contribution in [2.75, 3.05) is 0 Å². The summed E-state index contributed by atoms with van der Waals surface area (Å²) in [6.45, 7) is 6.25. The first kappa shape index (κ1) is 17.6. The molecule has 0 aromatic carbocycles. The van der Waals surface area contributed by atoms with Crippen molar-refractivity contribution >= 4 is 23.7 Å². The lowest BCUT2D eigenvalue weighted by Gasteiger charge is -2.60. The summed E-state index contributed by atoms with van der Waals surface area (Å²) in [7, 11) is 0. The van der Waals surface area contributed by atoms with Gasteiger partial charge in [0.2, 0.25) is 5.91 Å². The van der Waals surface area contributed by atoms with Gasteiger partial charge in [-0.3, -0.25) is 14.0 Å². The number of fused-ring (bicyclic) bond motifs is 5. The Labute approximate surface area is 155 Å².